The number of amides is 3. The molecule has 2 atom stereocenters. The third kappa shape index (κ3) is 16.9. The molecule has 0 spiro atoms. The van der Waals surface area contributed by atoms with E-state index in [4.69, 9.17) is 33.2 Å². The maximum absolute atomic E-state index is 13.8. The van der Waals surface area contributed by atoms with Gasteiger partial charge in [0, 0.05) is 18.2 Å². The highest BCUT2D eigenvalue weighted by Crippen LogP contribution is 2.31. The molecule has 3 rings (SSSR count). The zero-order valence-corrected chi connectivity index (χ0v) is 30.3. The number of anilines is 1. The first-order valence-electron chi connectivity index (χ1n) is 17.3. The lowest BCUT2D eigenvalue weighted by Crippen LogP contribution is -2.53. The first-order chi connectivity index (χ1) is 24.4. The Morgan fingerprint density at radius 1 is 0.745 bits per heavy atom. The van der Waals surface area contributed by atoms with Gasteiger partial charge in [-0.1, -0.05) is 44.2 Å². The van der Waals surface area contributed by atoms with Crippen LogP contribution in [0.25, 0.3) is 0 Å². The largest absolute Gasteiger partial charge is 0.487 e. The van der Waals surface area contributed by atoms with Gasteiger partial charge in [-0.15, -0.1) is 0 Å². The first kappa shape index (κ1) is 41.0. The van der Waals surface area contributed by atoms with E-state index in [1.54, 1.807) is 39.0 Å². The van der Waals surface area contributed by atoms with Crippen molar-refractivity contribution in [2.45, 2.75) is 78.2 Å². The summed E-state index contributed by atoms with van der Waals surface area (Å²) in [5.41, 5.74) is 0.399. The average Bonchev–Trinajstić information content (AvgIpc) is 3.08. The summed E-state index contributed by atoms with van der Waals surface area (Å²) in [7, 11) is 0. The molecule has 0 aromatic heterocycles. The molecule has 0 aliphatic carbocycles. The van der Waals surface area contributed by atoms with Crippen molar-refractivity contribution in [2.24, 2.45) is 5.92 Å². The SMILES string of the molecule is CC(C)C[C@H](NC(=O)OC(C)(C)C)C(=O)N[C@H](CCC(=O)OCc1ccccc1)C(=O)Nc1ccc2c(c1)OCCOCCOCCOCCO2. The fourth-order valence-corrected chi connectivity index (χ4v) is 4.78. The molecular formula is C37H53N3O11. The van der Waals surface area contributed by atoms with Gasteiger partial charge < -0.3 is 49.1 Å². The molecule has 282 valence electrons. The Kier molecular flexibility index (Phi) is 17.5. The summed E-state index contributed by atoms with van der Waals surface area (Å²) in [6.45, 7) is 11.9. The molecule has 0 unspecified atom stereocenters. The Labute approximate surface area is 300 Å². The quantitative estimate of drug-likeness (QED) is 0.267. The molecular weight excluding hydrogens is 662 g/mol. The fraction of sp³-hybridized carbons (Fsp3) is 0.568. The van der Waals surface area contributed by atoms with Crippen LogP contribution in [0.3, 0.4) is 0 Å². The minimum Gasteiger partial charge on any atom is -0.487 e. The van der Waals surface area contributed by atoms with Crippen LogP contribution >= 0.6 is 0 Å². The third-order valence-corrected chi connectivity index (χ3v) is 7.15. The minimum atomic E-state index is -1.17. The maximum Gasteiger partial charge on any atom is 0.408 e. The van der Waals surface area contributed by atoms with Crippen LogP contribution in [0.2, 0.25) is 0 Å². The van der Waals surface area contributed by atoms with E-state index in [0.717, 1.165) is 5.56 Å². The molecule has 0 saturated carbocycles. The summed E-state index contributed by atoms with van der Waals surface area (Å²) in [5.74, 6) is -0.898. The van der Waals surface area contributed by atoms with E-state index in [-0.39, 0.29) is 45.0 Å². The zero-order valence-electron chi connectivity index (χ0n) is 30.3. The normalized spacial score (nSPS) is 15.6. The summed E-state index contributed by atoms with van der Waals surface area (Å²) < 4.78 is 39.1. The Hall–Kier alpha value is -4.40. The molecule has 51 heavy (non-hydrogen) atoms. The Morgan fingerprint density at radius 3 is 1.96 bits per heavy atom. The van der Waals surface area contributed by atoms with Crippen molar-refractivity contribution in [1.29, 1.82) is 0 Å². The second-order valence-electron chi connectivity index (χ2n) is 13.3. The number of carbonyl (C=O) groups is 4. The van der Waals surface area contributed by atoms with Gasteiger partial charge in [0.2, 0.25) is 11.8 Å². The molecule has 3 amide bonds. The van der Waals surface area contributed by atoms with E-state index in [0.29, 0.717) is 56.8 Å². The van der Waals surface area contributed by atoms with E-state index in [2.05, 4.69) is 16.0 Å². The number of rotatable bonds is 12. The van der Waals surface area contributed by atoms with Gasteiger partial charge >= 0.3 is 12.1 Å². The number of hydrogen-bond acceptors (Lipinski definition) is 11. The van der Waals surface area contributed by atoms with Crippen LogP contribution in [0.1, 0.15) is 59.4 Å². The number of carbonyl (C=O) groups excluding carboxylic acids is 4. The van der Waals surface area contributed by atoms with Crippen LogP contribution in [0, 0.1) is 5.92 Å². The zero-order chi connectivity index (χ0) is 37.1. The monoisotopic (exact) mass is 715 g/mol. The first-order valence-corrected chi connectivity index (χ1v) is 17.3. The molecule has 1 heterocycles. The Bertz CT molecular complexity index is 1380. The maximum atomic E-state index is 13.8. The van der Waals surface area contributed by atoms with E-state index >= 15 is 0 Å². The van der Waals surface area contributed by atoms with Gasteiger partial charge in [-0.3, -0.25) is 14.4 Å². The number of ether oxygens (including phenoxy) is 7. The third-order valence-electron chi connectivity index (χ3n) is 7.15. The number of fused-ring (bicyclic) bond motifs is 1. The average molecular weight is 716 g/mol. The van der Waals surface area contributed by atoms with Gasteiger partial charge in [0.15, 0.2) is 11.5 Å². The van der Waals surface area contributed by atoms with Crippen LogP contribution in [-0.2, 0) is 44.7 Å². The lowest BCUT2D eigenvalue weighted by Gasteiger charge is -2.26. The number of alkyl carbamates (subject to hydrolysis) is 1. The summed E-state index contributed by atoms with van der Waals surface area (Å²) in [6, 6.07) is 11.9. The van der Waals surface area contributed by atoms with Gasteiger partial charge in [0.05, 0.1) is 39.6 Å². The standard InChI is InChI=1S/C37H53N3O11/c1-26(2)23-30(40-36(44)51-37(3,4)5)35(43)39-29(12-14-33(41)50-25-27-9-7-6-8-10-27)34(42)38-28-11-13-31-32(24-28)49-22-20-47-18-16-45-15-17-46-19-21-48-31/h6-11,13,24,26,29-30H,12,14-23,25H2,1-5H3,(H,38,42)(H,39,43)(H,40,44)/t29-,30+/m1/s1. The van der Waals surface area contributed by atoms with Gasteiger partial charge in [-0.25, -0.2) is 4.79 Å². The van der Waals surface area contributed by atoms with E-state index < -0.39 is 41.6 Å². The second-order valence-corrected chi connectivity index (χ2v) is 13.3. The van der Waals surface area contributed by atoms with Crippen molar-refractivity contribution in [1.82, 2.24) is 10.6 Å². The molecule has 0 bridgehead atoms. The second kappa shape index (κ2) is 21.7. The molecule has 0 radical (unpaired) electrons. The van der Waals surface area contributed by atoms with E-state index in [1.807, 2.05) is 44.2 Å². The molecule has 14 heteroatoms. The fourth-order valence-electron chi connectivity index (χ4n) is 4.78. The number of nitrogens with one attached hydrogen (secondary N) is 3. The van der Waals surface area contributed by atoms with Gasteiger partial charge in [0.1, 0.15) is 37.5 Å². The van der Waals surface area contributed by atoms with Gasteiger partial charge in [-0.05, 0) is 57.2 Å². The minimum absolute atomic E-state index is 0.0210. The van der Waals surface area contributed by atoms with Gasteiger partial charge in [0.25, 0.3) is 0 Å². The van der Waals surface area contributed by atoms with Crippen molar-refractivity contribution >= 4 is 29.6 Å². The molecule has 0 fully saturated rings. The Balaban J connectivity index is 1.76. The van der Waals surface area contributed by atoms with E-state index in [9.17, 15) is 19.2 Å². The predicted molar refractivity (Wildman–Crippen MR) is 189 cm³/mol. The van der Waals surface area contributed by atoms with Crippen LogP contribution in [-0.4, -0.2) is 94.4 Å². The lowest BCUT2D eigenvalue weighted by atomic mass is 10.0. The van der Waals surface area contributed by atoms with Gasteiger partial charge in [-0.2, -0.15) is 0 Å². The molecule has 2 aromatic rings. The highest BCUT2D eigenvalue weighted by molar-refractivity contribution is 5.98. The van der Waals surface area contributed by atoms with Crippen LogP contribution in [0.4, 0.5) is 10.5 Å². The molecule has 3 N–H and O–H groups in total. The number of esters is 1. The Morgan fingerprint density at radius 2 is 1.35 bits per heavy atom. The topological polar surface area (TPSA) is 169 Å². The van der Waals surface area contributed by atoms with Crippen LogP contribution in [0.5, 0.6) is 11.5 Å². The molecule has 14 nitrogen and oxygen atoms in total. The smallest absolute Gasteiger partial charge is 0.408 e. The number of hydrogen-bond donors (Lipinski definition) is 3. The lowest BCUT2D eigenvalue weighted by molar-refractivity contribution is -0.145. The van der Waals surface area contributed by atoms with Crippen molar-refractivity contribution in [2.75, 3.05) is 58.2 Å². The van der Waals surface area contributed by atoms with Crippen molar-refractivity contribution in [3.8, 4) is 11.5 Å². The summed E-state index contributed by atoms with van der Waals surface area (Å²) in [5, 5.41) is 8.18. The van der Waals surface area contributed by atoms with Crippen molar-refractivity contribution < 1.29 is 52.3 Å². The number of benzene rings is 2. The van der Waals surface area contributed by atoms with E-state index in [1.165, 1.54) is 0 Å². The highest BCUT2D eigenvalue weighted by Gasteiger charge is 2.30. The summed E-state index contributed by atoms with van der Waals surface area (Å²) in [4.78, 5) is 52.7. The summed E-state index contributed by atoms with van der Waals surface area (Å²) in [6.07, 6.45) is -0.713. The van der Waals surface area contributed by atoms with Crippen LogP contribution in [0.15, 0.2) is 48.5 Å². The molecule has 1 aliphatic rings. The summed E-state index contributed by atoms with van der Waals surface area (Å²) >= 11 is 0. The van der Waals surface area contributed by atoms with Crippen molar-refractivity contribution in [3.63, 3.8) is 0 Å². The van der Waals surface area contributed by atoms with Crippen LogP contribution < -0.4 is 25.4 Å². The molecule has 2 aromatic carbocycles. The highest BCUT2D eigenvalue weighted by atomic mass is 16.6. The molecule has 1 aliphatic heterocycles. The van der Waals surface area contributed by atoms with Crippen molar-refractivity contribution in [3.05, 3.63) is 54.1 Å². The predicted octanol–water partition coefficient (Wildman–Crippen LogP) is 4.39. The molecule has 0 saturated heterocycles.